The summed E-state index contributed by atoms with van der Waals surface area (Å²) in [6.45, 7) is 0. The SMILES string of the molecule is Cl.O=c1[nH]c(=O)c2[nH]cnc2[nH]1. The Morgan fingerprint density at radius 3 is 2.75 bits per heavy atom. The summed E-state index contributed by atoms with van der Waals surface area (Å²) in [7, 11) is 0. The maximum Gasteiger partial charge on any atom is 0.327 e. The lowest BCUT2D eigenvalue weighted by Crippen LogP contribution is -2.21. The molecule has 12 heavy (non-hydrogen) atoms. The van der Waals surface area contributed by atoms with Gasteiger partial charge >= 0.3 is 5.69 Å². The van der Waals surface area contributed by atoms with Gasteiger partial charge in [-0.2, -0.15) is 0 Å². The zero-order chi connectivity index (χ0) is 7.84. The Labute approximate surface area is 71.5 Å². The van der Waals surface area contributed by atoms with Crippen molar-refractivity contribution in [3.8, 4) is 0 Å². The lowest BCUT2D eigenvalue weighted by atomic mass is 10.5. The third kappa shape index (κ3) is 1.12. The van der Waals surface area contributed by atoms with E-state index in [0.717, 1.165) is 0 Å². The Morgan fingerprint density at radius 2 is 2.00 bits per heavy atom. The molecule has 2 rings (SSSR count). The molecule has 6 nitrogen and oxygen atoms in total. The van der Waals surface area contributed by atoms with Gasteiger partial charge in [-0.1, -0.05) is 0 Å². The molecule has 2 heterocycles. The number of hydrogen-bond acceptors (Lipinski definition) is 3. The van der Waals surface area contributed by atoms with Crippen LogP contribution >= 0.6 is 12.4 Å². The number of halogens is 1. The molecular formula is C5H5ClN4O2. The normalized spacial score (nSPS) is 9.67. The van der Waals surface area contributed by atoms with Gasteiger partial charge in [-0.3, -0.25) is 14.8 Å². The zero-order valence-corrected chi connectivity index (χ0v) is 6.57. The smallest absolute Gasteiger partial charge is 0.327 e. The van der Waals surface area contributed by atoms with E-state index in [1.807, 2.05) is 0 Å². The summed E-state index contributed by atoms with van der Waals surface area (Å²) in [5, 5.41) is 0. The molecule has 3 N–H and O–H groups in total. The topological polar surface area (TPSA) is 94.4 Å². The second kappa shape index (κ2) is 2.82. The Bertz CT molecular complexity index is 496. The van der Waals surface area contributed by atoms with Crippen LogP contribution in [0.5, 0.6) is 0 Å². The molecule has 0 aromatic carbocycles. The molecule has 0 spiro atoms. The van der Waals surface area contributed by atoms with Crippen LogP contribution in [0.3, 0.4) is 0 Å². The standard InChI is InChI=1S/C5H4N4O2.ClH/c10-4-2-3(7-1-6-2)8-5(11)9-4;/h1H,(H3,6,7,8,9,10,11);1H. The Hall–Kier alpha value is -1.56. The van der Waals surface area contributed by atoms with Gasteiger partial charge in [0.05, 0.1) is 6.33 Å². The highest BCUT2D eigenvalue weighted by Crippen LogP contribution is 1.92. The molecule has 0 saturated heterocycles. The van der Waals surface area contributed by atoms with Crippen LogP contribution in [0.2, 0.25) is 0 Å². The van der Waals surface area contributed by atoms with E-state index < -0.39 is 11.2 Å². The van der Waals surface area contributed by atoms with Gasteiger partial charge in [-0.05, 0) is 0 Å². The largest absolute Gasteiger partial charge is 0.339 e. The molecule has 0 aliphatic carbocycles. The lowest BCUT2D eigenvalue weighted by molar-refractivity contribution is 1.07. The summed E-state index contributed by atoms with van der Waals surface area (Å²) in [5.74, 6) is 0. The molecule has 7 heteroatoms. The average molecular weight is 189 g/mol. The van der Waals surface area contributed by atoms with Crippen molar-refractivity contribution in [2.75, 3.05) is 0 Å². The highest BCUT2D eigenvalue weighted by Gasteiger charge is 1.99. The first-order valence-electron chi connectivity index (χ1n) is 2.93. The maximum atomic E-state index is 10.9. The summed E-state index contributed by atoms with van der Waals surface area (Å²) >= 11 is 0. The van der Waals surface area contributed by atoms with Gasteiger partial charge in [-0.15, -0.1) is 12.4 Å². The van der Waals surface area contributed by atoms with E-state index in [2.05, 4.69) is 19.9 Å². The number of rotatable bonds is 0. The minimum atomic E-state index is -0.547. The first kappa shape index (κ1) is 8.54. The monoisotopic (exact) mass is 188 g/mol. The second-order valence-corrected chi connectivity index (χ2v) is 2.03. The van der Waals surface area contributed by atoms with E-state index in [-0.39, 0.29) is 23.6 Å². The molecule has 0 atom stereocenters. The van der Waals surface area contributed by atoms with Crippen molar-refractivity contribution in [2.45, 2.75) is 0 Å². The van der Waals surface area contributed by atoms with Crippen molar-refractivity contribution in [1.29, 1.82) is 0 Å². The number of aromatic amines is 3. The van der Waals surface area contributed by atoms with Gasteiger partial charge in [-0.25, -0.2) is 9.78 Å². The van der Waals surface area contributed by atoms with E-state index in [1.54, 1.807) is 0 Å². The highest BCUT2D eigenvalue weighted by molar-refractivity contribution is 5.85. The van der Waals surface area contributed by atoms with E-state index in [0.29, 0.717) is 0 Å². The molecule has 64 valence electrons. The summed E-state index contributed by atoms with van der Waals surface area (Å²) in [5.41, 5.74) is -0.445. The van der Waals surface area contributed by atoms with Crippen LogP contribution in [0.25, 0.3) is 11.2 Å². The van der Waals surface area contributed by atoms with Crippen molar-refractivity contribution < 1.29 is 0 Å². The van der Waals surface area contributed by atoms with Crippen molar-refractivity contribution in [2.24, 2.45) is 0 Å². The van der Waals surface area contributed by atoms with Crippen LogP contribution in [0.15, 0.2) is 15.9 Å². The number of H-pyrrole nitrogens is 3. The summed E-state index contributed by atoms with van der Waals surface area (Å²) in [6, 6.07) is 0. The predicted octanol–water partition coefficient (Wildman–Crippen LogP) is -0.639. The molecule has 0 radical (unpaired) electrons. The van der Waals surface area contributed by atoms with Crippen molar-refractivity contribution in [3.63, 3.8) is 0 Å². The van der Waals surface area contributed by atoms with E-state index in [1.165, 1.54) is 6.33 Å². The fourth-order valence-electron chi connectivity index (χ4n) is 0.867. The molecule has 2 aromatic rings. The van der Waals surface area contributed by atoms with E-state index in [4.69, 9.17) is 0 Å². The zero-order valence-electron chi connectivity index (χ0n) is 5.75. The molecule has 2 aromatic heterocycles. The molecule has 0 amide bonds. The average Bonchev–Trinajstić information content (AvgIpc) is 2.34. The molecular weight excluding hydrogens is 184 g/mol. The minimum Gasteiger partial charge on any atom is -0.339 e. The van der Waals surface area contributed by atoms with E-state index >= 15 is 0 Å². The van der Waals surface area contributed by atoms with Gasteiger partial charge in [0, 0.05) is 0 Å². The van der Waals surface area contributed by atoms with E-state index in [9.17, 15) is 9.59 Å². The summed E-state index contributed by atoms with van der Waals surface area (Å²) in [4.78, 5) is 32.3. The third-order valence-corrected chi connectivity index (χ3v) is 1.33. The maximum absolute atomic E-state index is 10.9. The molecule has 0 aliphatic heterocycles. The van der Waals surface area contributed by atoms with Crippen LogP contribution in [0.4, 0.5) is 0 Å². The lowest BCUT2D eigenvalue weighted by Gasteiger charge is -1.83. The summed E-state index contributed by atoms with van der Waals surface area (Å²) in [6.07, 6.45) is 1.34. The highest BCUT2D eigenvalue weighted by atomic mass is 35.5. The summed E-state index contributed by atoms with van der Waals surface area (Å²) < 4.78 is 0. The Kier molecular flexibility index (Phi) is 2.01. The van der Waals surface area contributed by atoms with Crippen LogP contribution in [0, 0.1) is 0 Å². The minimum absolute atomic E-state index is 0. The molecule has 0 saturated carbocycles. The number of nitrogens with zero attached hydrogens (tertiary/aromatic N) is 1. The molecule has 0 aliphatic rings. The predicted molar refractivity (Wildman–Crippen MR) is 44.6 cm³/mol. The number of fused-ring (bicyclic) bond motifs is 1. The quantitative estimate of drug-likeness (QED) is 0.513. The van der Waals surface area contributed by atoms with Crippen LogP contribution in [-0.2, 0) is 0 Å². The fourth-order valence-corrected chi connectivity index (χ4v) is 0.867. The second-order valence-electron chi connectivity index (χ2n) is 2.03. The number of hydrogen-bond donors (Lipinski definition) is 3. The van der Waals surface area contributed by atoms with Crippen LogP contribution in [-0.4, -0.2) is 19.9 Å². The van der Waals surface area contributed by atoms with Crippen LogP contribution in [0.1, 0.15) is 0 Å². The van der Waals surface area contributed by atoms with Gasteiger partial charge in [0.2, 0.25) is 0 Å². The number of nitrogens with one attached hydrogen (secondary N) is 3. The Morgan fingerprint density at radius 1 is 1.25 bits per heavy atom. The first-order valence-corrected chi connectivity index (χ1v) is 2.93. The molecule has 0 bridgehead atoms. The first-order chi connectivity index (χ1) is 5.27. The molecule has 0 fully saturated rings. The number of aromatic nitrogens is 4. The van der Waals surface area contributed by atoms with Crippen LogP contribution < -0.4 is 11.2 Å². The van der Waals surface area contributed by atoms with Gasteiger partial charge < -0.3 is 4.98 Å². The van der Waals surface area contributed by atoms with Gasteiger partial charge in [0.1, 0.15) is 5.52 Å². The number of imidazole rings is 1. The third-order valence-electron chi connectivity index (χ3n) is 1.33. The van der Waals surface area contributed by atoms with Gasteiger partial charge in [0.15, 0.2) is 5.65 Å². The Balaban J connectivity index is 0.000000720. The molecule has 0 unspecified atom stereocenters. The fraction of sp³-hybridized carbons (Fsp3) is 0. The van der Waals surface area contributed by atoms with Crippen molar-refractivity contribution in [3.05, 3.63) is 27.2 Å². The van der Waals surface area contributed by atoms with Gasteiger partial charge in [0.25, 0.3) is 5.56 Å². The van der Waals surface area contributed by atoms with Crippen molar-refractivity contribution in [1.82, 2.24) is 19.9 Å². The van der Waals surface area contributed by atoms with Crippen molar-refractivity contribution >= 4 is 23.6 Å².